The second kappa shape index (κ2) is 8.42. The summed E-state index contributed by atoms with van der Waals surface area (Å²) in [6, 6.07) is 45.3. The zero-order chi connectivity index (χ0) is 25.5. The summed E-state index contributed by atoms with van der Waals surface area (Å²) in [5.41, 5.74) is 7.97. The van der Waals surface area contributed by atoms with Gasteiger partial charge in [-0.3, -0.25) is 0 Å². The third-order valence-corrected chi connectivity index (χ3v) is 12.9. The van der Waals surface area contributed by atoms with Crippen molar-refractivity contribution in [3.63, 3.8) is 0 Å². The van der Waals surface area contributed by atoms with Crippen LogP contribution in [0.25, 0.3) is 43.7 Å². The molecule has 0 saturated heterocycles. The summed E-state index contributed by atoms with van der Waals surface area (Å²) in [6.07, 6.45) is 0. The predicted octanol–water partition coefficient (Wildman–Crippen LogP) is 2.66. The van der Waals surface area contributed by atoms with Crippen LogP contribution in [0.3, 0.4) is 0 Å². The zero-order valence-corrected chi connectivity index (χ0v) is 24.3. The average Bonchev–Trinajstić information content (AvgIpc) is 2.98. The van der Waals surface area contributed by atoms with Crippen LogP contribution in [0.15, 0.2) is 121 Å². The first kappa shape index (κ1) is 22.2. The quantitative estimate of drug-likeness (QED) is 0.257. The van der Waals surface area contributed by atoms with Gasteiger partial charge in [-0.2, -0.15) is 0 Å². The molecular weight excluding hydrogens is 603 g/mol. The van der Waals surface area contributed by atoms with Crippen LogP contribution in [0, 0.1) is 0 Å². The second-order valence-corrected chi connectivity index (χ2v) is 14.9. The summed E-state index contributed by atoms with van der Waals surface area (Å²) in [7, 11) is 0. The van der Waals surface area contributed by atoms with Gasteiger partial charge in [0, 0.05) is 0 Å². The topological polar surface area (TPSA) is 12.9 Å². The Morgan fingerprint density at radius 1 is 0.462 bits per heavy atom. The van der Waals surface area contributed by atoms with Crippen molar-refractivity contribution in [2.45, 2.75) is 0 Å². The number of nitrogens with zero attached hydrogens (tertiary/aromatic N) is 1. The van der Waals surface area contributed by atoms with Gasteiger partial charge in [0.25, 0.3) is 0 Å². The first-order chi connectivity index (χ1) is 19.3. The molecule has 0 fully saturated rings. The number of benzene rings is 6. The molecule has 0 amide bonds. The van der Waals surface area contributed by atoms with Crippen LogP contribution in [0.2, 0.25) is 0 Å². The third kappa shape index (κ3) is 3.43. The van der Waals surface area contributed by atoms with Gasteiger partial charge < -0.3 is 0 Å². The summed E-state index contributed by atoms with van der Waals surface area (Å²) in [5.74, 6) is 0. The van der Waals surface area contributed by atoms with E-state index >= 15 is 0 Å². The van der Waals surface area contributed by atoms with E-state index in [4.69, 9.17) is 4.98 Å². The van der Waals surface area contributed by atoms with E-state index in [0.717, 1.165) is 11.2 Å². The minimum atomic E-state index is 0.247. The maximum absolute atomic E-state index is 5.09. The van der Waals surface area contributed by atoms with Crippen LogP contribution in [0.1, 0.15) is 0 Å². The van der Waals surface area contributed by atoms with Crippen molar-refractivity contribution < 1.29 is 0 Å². The third-order valence-electron chi connectivity index (χ3n) is 8.11. The summed E-state index contributed by atoms with van der Waals surface area (Å²) < 4.78 is 6.08. The molecule has 0 atom stereocenters. The van der Waals surface area contributed by atoms with Crippen LogP contribution in [-0.2, 0) is 0 Å². The molecule has 9 rings (SSSR count). The molecule has 0 bridgehead atoms. The molecule has 180 valence electrons. The van der Waals surface area contributed by atoms with Crippen LogP contribution in [0.5, 0.6) is 0 Å². The molecule has 0 aliphatic carbocycles. The summed E-state index contributed by atoms with van der Waals surface area (Å²) in [4.78, 5) is 5.09. The summed E-state index contributed by atoms with van der Waals surface area (Å²) >= 11 is 0.495. The van der Waals surface area contributed by atoms with Gasteiger partial charge in [-0.25, -0.2) is 0 Å². The van der Waals surface area contributed by atoms with E-state index in [9.17, 15) is 0 Å². The van der Waals surface area contributed by atoms with Crippen LogP contribution >= 0.6 is 0 Å². The molecule has 0 N–H and O–H groups in total. The van der Waals surface area contributed by atoms with Gasteiger partial charge in [0.1, 0.15) is 0 Å². The fourth-order valence-corrected chi connectivity index (χ4v) is 11.8. The predicted molar refractivity (Wildman–Crippen MR) is 170 cm³/mol. The molecule has 39 heavy (non-hydrogen) atoms. The van der Waals surface area contributed by atoms with Crippen LogP contribution in [-0.4, -0.2) is 41.6 Å². The van der Waals surface area contributed by atoms with Crippen molar-refractivity contribution in [3.8, 4) is 11.3 Å². The number of rotatable bonds is 1. The molecule has 1 aromatic heterocycles. The molecule has 1 nitrogen and oxygen atoms in total. The first-order valence-corrected chi connectivity index (χ1v) is 16.7. The molecule has 3 heterocycles. The molecule has 0 spiro atoms. The number of aromatic nitrogens is 1. The fraction of sp³-hybridized carbons (Fsp3) is 0. The Balaban J connectivity index is 1.32. The van der Waals surface area contributed by atoms with Gasteiger partial charge in [0.15, 0.2) is 0 Å². The van der Waals surface area contributed by atoms with Gasteiger partial charge >= 0.3 is 241 Å². The molecule has 2 aliphatic rings. The van der Waals surface area contributed by atoms with E-state index in [1.165, 1.54) is 61.3 Å². The Kier molecular flexibility index (Phi) is 4.80. The molecule has 4 heteroatoms. The summed E-state index contributed by atoms with van der Waals surface area (Å²) in [5, 5.41) is 6.55. The standard InChI is InChI=1S/C35H20BNSe2/c1-3-10-24-17-31-27(15-22(24)8-1)36-28-16-23-9-2-4-11-25(23)18-32(28)39-34-20-26(19-33(38-31)35(34)36)30-14-13-21-7-5-6-12-29(21)37-30/h1-20H. The van der Waals surface area contributed by atoms with Crippen molar-refractivity contribution >= 4 is 103 Å². The Hall–Kier alpha value is -3.65. The van der Waals surface area contributed by atoms with E-state index in [0.29, 0.717) is 6.71 Å². The molecule has 0 saturated carbocycles. The Labute approximate surface area is 239 Å². The molecule has 7 aromatic rings. The van der Waals surface area contributed by atoms with E-state index in [1.54, 1.807) is 5.46 Å². The minimum absolute atomic E-state index is 0.247. The first-order valence-electron chi connectivity index (χ1n) is 13.2. The maximum atomic E-state index is 5.09. The van der Waals surface area contributed by atoms with E-state index in [-0.39, 0.29) is 29.9 Å². The van der Waals surface area contributed by atoms with Crippen LogP contribution < -0.4 is 34.2 Å². The monoisotopic (exact) mass is 625 g/mol. The van der Waals surface area contributed by atoms with Crippen molar-refractivity contribution in [3.05, 3.63) is 121 Å². The number of para-hydroxylation sites is 1. The molecular formula is C35H20BNSe2. The van der Waals surface area contributed by atoms with Gasteiger partial charge in [0.2, 0.25) is 0 Å². The number of hydrogen-bond donors (Lipinski definition) is 0. The van der Waals surface area contributed by atoms with Gasteiger partial charge in [-0.05, 0) is 0 Å². The Bertz CT molecular complexity index is 2040. The van der Waals surface area contributed by atoms with Crippen molar-refractivity contribution in [1.29, 1.82) is 0 Å². The SMILES string of the molecule is c1ccc2cc3c(cc2c1)[Se]c1cc(-c2ccc4ccccc4n2)cc2c1B3c1cc3ccccc3cc1[Se]2. The molecule has 0 unspecified atom stereocenters. The number of pyridine rings is 1. The normalized spacial score (nSPS) is 13.4. The van der Waals surface area contributed by atoms with Crippen molar-refractivity contribution in [2.75, 3.05) is 0 Å². The van der Waals surface area contributed by atoms with Gasteiger partial charge in [-0.1, -0.05) is 0 Å². The van der Waals surface area contributed by atoms with E-state index < -0.39 is 0 Å². The van der Waals surface area contributed by atoms with Crippen molar-refractivity contribution in [1.82, 2.24) is 4.98 Å². The van der Waals surface area contributed by atoms with E-state index in [1.807, 2.05) is 0 Å². The zero-order valence-electron chi connectivity index (χ0n) is 20.9. The van der Waals surface area contributed by atoms with Crippen LogP contribution in [0.4, 0.5) is 0 Å². The molecule has 6 aromatic carbocycles. The Morgan fingerprint density at radius 2 is 0.974 bits per heavy atom. The number of hydrogen-bond acceptors (Lipinski definition) is 1. The molecule has 2 aliphatic heterocycles. The fourth-order valence-electron chi connectivity index (χ4n) is 6.25. The van der Waals surface area contributed by atoms with Gasteiger partial charge in [-0.15, -0.1) is 0 Å². The average molecular weight is 623 g/mol. The Morgan fingerprint density at radius 3 is 1.56 bits per heavy atom. The van der Waals surface area contributed by atoms with E-state index in [2.05, 4.69) is 121 Å². The molecule has 0 radical (unpaired) electrons. The van der Waals surface area contributed by atoms with Gasteiger partial charge in [0.05, 0.1) is 0 Å². The number of fused-ring (bicyclic) bond motifs is 7. The summed E-state index contributed by atoms with van der Waals surface area (Å²) in [6.45, 7) is 0.291. The second-order valence-electron chi connectivity index (χ2n) is 10.4. The van der Waals surface area contributed by atoms with Crippen molar-refractivity contribution in [2.24, 2.45) is 0 Å².